The molecular formula is C17H25NO2. The van der Waals surface area contributed by atoms with Crippen LogP contribution < -0.4 is 0 Å². The molecule has 0 spiro atoms. The van der Waals surface area contributed by atoms with Gasteiger partial charge in [-0.05, 0) is 50.2 Å². The minimum Gasteiger partial charge on any atom is -0.481 e. The third-order valence-corrected chi connectivity index (χ3v) is 4.29. The van der Waals surface area contributed by atoms with Gasteiger partial charge in [0, 0.05) is 19.1 Å². The lowest BCUT2D eigenvalue weighted by molar-refractivity contribution is -0.137. The lowest BCUT2D eigenvalue weighted by Crippen LogP contribution is -2.37. The monoisotopic (exact) mass is 275 g/mol. The van der Waals surface area contributed by atoms with E-state index in [1.807, 2.05) is 0 Å². The second-order valence-corrected chi connectivity index (χ2v) is 6.02. The van der Waals surface area contributed by atoms with Crippen LogP contribution in [-0.4, -0.2) is 35.1 Å². The lowest BCUT2D eigenvalue weighted by Gasteiger charge is -2.33. The Morgan fingerprint density at radius 2 is 2.15 bits per heavy atom. The first-order valence-electron chi connectivity index (χ1n) is 7.61. The fraction of sp³-hybridized carbons (Fsp3) is 0.588. The topological polar surface area (TPSA) is 40.5 Å². The Morgan fingerprint density at radius 3 is 2.85 bits per heavy atom. The number of fused-ring (bicyclic) bond motifs is 1. The Hall–Kier alpha value is -1.35. The highest BCUT2D eigenvalue weighted by Crippen LogP contribution is 2.32. The zero-order valence-corrected chi connectivity index (χ0v) is 12.5. The maximum atomic E-state index is 10.8. The highest BCUT2D eigenvalue weighted by molar-refractivity contribution is 5.66. The summed E-state index contributed by atoms with van der Waals surface area (Å²) in [5.41, 5.74) is 2.95. The van der Waals surface area contributed by atoms with Gasteiger partial charge in [0.25, 0.3) is 0 Å². The standard InChI is InChI=1S/C17H25NO2/c1-13(2)18(11-10-17(19)20)12-15-8-5-7-14-6-3-4-9-16(14)15/h3-4,6,9,13,15H,5,7-8,10-12H2,1-2H3,(H,19,20). The van der Waals surface area contributed by atoms with Crippen molar-refractivity contribution in [2.24, 2.45) is 0 Å². The van der Waals surface area contributed by atoms with E-state index in [0.29, 0.717) is 18.5 Å². The Balaban J connectivity index is 2.05. The first-order chi connectivity index (χ1) is 9.58. The number of carbonyl (C=O) groups is 1. The molecule has 0 saturated carbocycles. The number of carboxylic acid groups (broad SMARTS) is 1. The van der Waals surface area contributed by atoms with Gasteiger partial charge in [0.05, 0.1) is 6.42 Å². The minimum atomic E-state index is -0.709. The molecule has 0 radical (unpaired) electrons. The van der Waals surface area contributed by atoms with Crippen LogP contribution >= 0.6 is 0 Å². The first kappa shape index (κ1) is 15.0. The van der Waals surface area contributed by atoms with Crippen molar-refractivity contribution in [2.75, 3.05) is 13.1 Å². The van der Waals surface area contributed by atoms with E-state index in [1.54, 1.807) is 0 Å². The molecule has 0 saturated heterocycles. The molecule has 0 bridgehead atoms. The smallest absolute Gasteiger partial charge is 0.304 e. The Labute approximate surface area is 121 Å². The summed E-state index contributed by atoms with van der Waals surface area (Å²) in [4.78, 5) is 13.1. The van der Waals surface area contributed by atoms with Crippen molar-refractivity contribution in [2.45, 2.75) is 51.5 Å². The van der Waals surface area contributed by atoms with Gasteiger partial charge in [-0.15, -0.1) is 0 Å². The average Bonchev–Trinajstić information content (AvgIpc) is 2.43. The quantitative estimate of drug-likeness (QED) is 0.866. The largest absolute Gasteiger partial charge is 0.481 e. The molecule has 3 heteroatoms. The number of aliphatic carboxylic acids is 1. The highest BCUT2D eigenvalue weighted by Gasteiger charge is 2.23. The van der Waals surface area contributed by atoms with Gasteiger partial charge in [-0.2, -0.15) is 0 Å². The van der Waals surface area contributed by atoms with Crippen LogP contribution in [0.5, 0.6) is 0 Å². The predicted octanol–water partition coefficient (Wildman–Crippen LogP) is 3.29. The third kappa shape index (κ3) is 3.83. The van der Waals surface area contributed by atoms with Crippen LogP contribution in [0.15, 0.2) is 24.3 Å². The summed E-state index contributed by atoms with van der Waals surface area (Å²) in [6, 6.07) is 9.11. The van der Waals surface area contributed by atoms with Gasteiger partial charge < -0.3 is 5.11 Å². The lowest BCUT2D eigenvalue weighted by atomic mass is 9.82. The van der Waals surface area contributed by atoms with Gasteiger partial charge in [0.1, 0.15) is 0 Å². The molecular weight excluding hydrogens is 250 g/mol. The normalized spacial score (nSPS) is 18.3. The number of nitrogens with zero attached hydrogens (tertiary/aromatic N) is 1. The zero-order chi connectivity index (χ0) is 14.5. The molecule has 1 aliphatic carbocycles. The molecule has 2 rings (SSSR count). The van der Waals surface area contributed by atoms with Crippen molar-refractivity contribution < 1.29 is 9.90 Å². The Kier molecular flexibility index (Phi) is 5.18. The van der Waals surface area contributed by atoms with Gasteiger partial charge in [0.2, 0.25) is 0 Å². The summed E-state index contributed by atoms with van der Waals surface area (Å²) in [6.45, 7) is 5.92. The van der Waals surface area contributed by atoms with Crippen LogP contribution in [0.1, 0.15) is 50.2 Å². The van der Waals surface area contributed by atoms with E-state index in [9.17, 15) is 4.79 Å². The molecule has 110 valence electrons. The molecule has 0 aromatic heterocycles. The van der Waals surface area contributed by atoms with Crippen LogP contribution in [0.4, 0.5) is 0 Å². The molecule has 0 amide bonds. The molecule has 1 unspecified atom stereocenters. The van der Waals surface area contributed by atoms with Crippen molar-refractivity contribution in [1.82, 2.24) is 4.90 Å². The summed E-state index contributed by atoms with van der Waals surface area (Å²) in [5, 5.41) is 8.88. The number of hydrogen-bond donors (Lipinski definition) is 1. The number of rotatable bonds is 6. The van der Waals surface area contributed by atoms with E-state index < -0.39 is 5.97 Å². The van der Waals surface area contributed by atoms with Crippen molar-refractivity contribution in [1.29, 1.82) is 0 Å². The van der Waals surface area contributed by atoms with E-state index in [0.717, 1.165) is 6.54 Å². The van der Waals surface area contributed by atoms with Gasteiger partial charge in [0.15, 0.2) is 0 Å². The molecule has 1 aromatic rings. The summed E-state index contributed by atoms with van der Waals surface area (Å²) in [7, 11) is 0. The van der Waals surface area contributed by atoms with E-state index in [2.05, 4.69) is 43.0 Å². The van der Waals surface area contributed by atoms with Gasteiger partial charge in [-0.25, -0.2) is 0 Å². The van der Waals surface area contributed by atoms with Gasteiger partial charge in [-0.1, -0.05) is 24.3 Å². The summed E-state index contributed by atoms with van der Waals surface area (Å²) >= 11 is 0. The maximum Gasteiger partial charge on any atom is 0.304 e. The molecule has 1 aromatic carbocycles. The SMILES string of the molecule is CC(C)N(CCC(=O)O)CC1CCCc2ccccc21. The van der Waals surface area contributed by atoms with Crippen LogP contribution in [0.2, 0.25) is 0 Å². The molecule has 1 atom stereocenters. The molecule has 0 aliphatic heterocycles. The molecule has 0 heterocycles. The summed E-state index contributed by atoms with van der Waals surface area (Å²) in [5.74, 6) is -0.157. The molecule has 1 aliphatic rings. The predicted molar refractivity (Wildman–Crippen MR) is 81.1 cm³/mol. The Bertz CT molecular complexity index is 456. The summed E-state index contributed by atoms with van der Waals surface area (Å²) in [6.07, 6.45) is 3.87. The van der Waals surface area contributed by atoms with Crippen LogP contribution in [0.25, 0.3) is 0 Å². The highest BCUT2D eigenvalue weighted by atomic mass is 16.4. The van der Waals surface area contributed by atoms with E-state index >= 15 is 0 Å². The number of benzene rings is 1. The van der Waals surface area contributed by atoms with Crippen molar-refractivity contribution in [3.63, 3.8) is 0 Å². The third-order valence-electron chi connectivity index (χ3n) is 4.29. The number of aryl methyl sites for hydroxylation is 1. The van der Waals surface area contributed by atoms with Crippen molar-refractivity contribution in [3.8, 4) is 0 Å². The van der Waals surface area contributed by atoms with Crippen LogP contribution in [0.3, 0.4) is 0 Å². The maximum absolute atomic E-state index is 10.8. The first-order valence-corrected chi connectivity index (χ1v) is 7.61. The van der Waals surface area contributed by atoms with Crippen LogP contribution in [0, 0.1) is 0 Å². The Morgan fingerprint density at radius 1 is 1.40 bits per heavy atom. The second-order valence-electron chi connectivity index (χ2n) is 6.02. The fourth-order valence-corrected chi connectivity index (χ4v) is 3.13. The summed E-state index contributed by atoms with van der Waals surface area (Å²) < 4.78 is 0. The van der Waals surface area contributed by atoms with Gasteiger partial charge in [-0.3, -0.25) is 9.69 Å². The van der Waals surface area contributed by atoms with Crippen LogP contribution in [-0.2, 0) is 11.2 Å². The van der Waals surface area contributed by atoms with E-state index in [1.165, 1.54) is 30.4 Å². The van der Waals surface area contributed by atoms with Crippen molar-refractivity contribution >= 4 is 5.97 Å². The van der Waals surface area contributed by atoms with Gasteiger partial charge >= 0.3 is 5.97 Å². The van der Waals surface area contributed by atoms with E-state index in [-0.39, 0.29) is 6.42 Å². The number of carboxylic acids is 1. The number of hydrogen-bond acceptors (Lipinski definition) is 2. The molecule has 3 nitrogen and oxygen atoms in total. The molecule has 20 heavy (non-hydrogen) atoms. The second kappa shape index (κ2) is 6.89. The minimum absolute atomic E-state index is 0.229. The average molecular weight is 275 g/mol. The zero-order valence-electron chi connectivity index (χ0n) is 12.5. The van der Waals surface area contributed by atoms with Crippen molar-refractivity contribution in [3.05, 3.63) is 35.4 Å². The van der Waals surface area contributed by atoms with E-state index in [4.69, 9.17) is 5.11 Å². The molecule has 0 fully saturated rings. The fourth-order valence-electron chi connectivity index (χ4n) is 3.13. The molecule has 1 N–H and O–H groups in total.